The Morgan fingerprint density at radius 2 is 1.59 bits per heavy atom. The number of rotatable bonds is 3. The fraction of sp³-hybridized carbons (Fsp3) is 0.810. The quantitative estimate of drug-likeness (QED) is 0.812. The number of imidazole rings is 1. The molecule has 1 amide bonds. The Hall–Kier alpha value is -1.40. The molecule has 0 aliphatic carbocycles. The van der Waals surface area contributed by atoms with E-state index in [-0.39, 0.29) is 5.92 Å². The Morgan fingerprint density at radius 3 is 2.19 bits per heavy atom. The third-order valence-corrected chi connectivity index (χ3v) is 7.11. The molecule has 4 heterocycles. The third kappa shape index (κ3) is 4.21. The second-order valence-corrected chi connectivity index (χ2v) is 8.84. The summed E-state index contributed by atoms with van der Waals surface area (Å²) in [6, 6.07) is 0.741. The van der Waals surface area contributed by atoms with Gasteiger partial charge in [0.05, 0.1) is 0 Å². The molecule has 0 aromatic carbocycles. The molecule has 150 valence electrons. The highest BCUT2D eigenvalue weighted by molar-refractivity contribution is 5.79. The van der Waals surface area contributed by atoms with E-state index in [0.717, 1.165) is 57.9 Å². The van der Waals surface area contributed by atoms with Crippen LogP contribution in [-0.2, 0) is 11.8 Å². The average Bonchev–Trinajstić information content (AvgIpc) is 3.14. The van der Waals surface area contributed by atoms with Crippen LogP contribution in [0.15, 0.2) is 12.4 Å². The van der Waals surface area contributed by atoms with Gasteiger partial charge in [0.2, 0.25) is 5.91 Å². The molecule has 0 radical (unpaired) electrons. The predicted molar refractivity (Wildman–Crippen MR) is 107 cm³/mol. The Labute approximate surface area is 163 Å². The molecule has 3 aliphatic heterocycles. The van der Waals surface area contributed by atoms with Gasteiger partial charge in [0, 0.05) is 50.4 Å². The van der Waals surface area contributed by atoms with Gasteiger partial charge in [-0.3, -0.25) is 4.79 Å². The zero-order valence-corrected chi connectivity index (χ0v) is 17.0. The largest absolute Gasteiger partial charge is 0.342 e. The number of hydrogen-bond acceptors (Lipinski definition) is 4. The molecule has 0 atom stereocenters. The van der Waals surface area contributed by atoms with Crippen LogP contribution in [-0.4, -0.2) is 82.5 Å². The van der Waals surface area contributed by atoms with Crippen molar-refractivity contribution in [3.63, 3.8) is 0 Å². The van der Waals surface area contributed by atoms with Crippen molar-refractivity contribution in [3.05, 3.63) is 18.2 Å². The molecule has 0 unspecified atom stereocenters. The van der Waals surface area contributed by atoms with E-state index >= 15 is 0 Å². The Balaban J connectivity index is 1.23. The summed E-state index contributed by atoms with van der Waals surface area (Å²) in [5, 5.41) is 0. The first kappa shape index (κ1) is 18.9. The highest BCUT2D eigenvalue weighted by Crippen LogP contribution is 2.29. The number of carbonyl (C=O) groups is 1. The Morgan fingerprint density at radius 1 is 0.926 bits per heavy atom. The lowest BCUT2D eigenvalue weighted by Crippen LogP contribution is -2.49. The second kappa shape index (κ2) is 8.31. The molecule has 27 heavy (non-hydrogen) atoms. The minimum absolute atomic E-state index is 0.247. The molecule has 0 saturated carbocycles. The fourth-order valence-electron chi connectivity index (χ4n) is 5.26. The molecule has 6 nitrogen and oxygen atoms in total. The van der Waals surface area contributed by atoms with Crippen molar-refractivity contribution in [2.24, 2.45) is 13.0 Å². The Kier molecular flexibility index (Phi) is 5.83. The molecular weight excluding hydrogens is 338 g/mol. The van der Waals surface area contributed by atoms with E-state index in [9.17, 15) is 4.79 Å². The topological polar surface area (TPSA) is 44.6 Å². The minimum Gasteiger partial charge on any atom is -0.342 e. The Bertz CT molecular complexity index is 620. The van der Waals surface area contributed by atoms with E-state index < -0.39 is 0 Å². The lowest BCUT2D eigenvalue weighted by molar-refractivity contribution is -0.138. The predicted octanol–water partition coefficient (Wildman–Crippen LogP) is 1.93. The van der Waals surface area contributed by atoms with Gasteiger partial charge >= 0.3 is 0 Å². The summed E-state index contributed by atoms with van der Waals surface area (Å²) in [5.41, 5.74) is 0. The van der Waals surface area contributed by atoms with Crippen molar-refractivity contribution in [1.29, 1.82) is 0 Å². The number of amides is 1. The third-order valence-electron chi connectivity index (χ3n) is 7.11. The number of likely N-dealkylation sites (tertiary alicyclic amines) is 3. The van der Waals surface area contributed by atoms with Crippen LogP contribution in [0.4, 0.5) is 0 Å². The molecular formula is C21H35N5O. The molecule has 1 aromatic heterocycles. The number of aryl methyl sites for hydroxylation is 1. The van der Waals surface area contributed by atoms with E-state index in [1.54, 1.807) is 0 Å². The highest BCUT2D eigenvalue weighted by atomic mass is 16.2. The summed E-state index contributed by atoms with van der Waals surface area (Å²) in [7, 11) is 4.29. The number of carbonyl (C=O) groups excluding carboxylic acids is 1. The smallest absolute Gasteiger partial charge is 0.225 e. The van der Waals surface area contributed by atoms with Gasteiger partial charge in [0.15, 0.2) is 0 Å². The number of nitrogens with zero attached hydrogens (tertiary/aromatic N) is 5. The van der Waals surface area contributed by atoms with E-state index in [0.29, 0.717) is 11.8 Å². The molecule has 0 spiro atoms. The number of hydrogen-bond donors (Lipinski definition) is 0. The summed E-state index contributed by atoms with van der Waals surface area (Å²) < 4.78 is 2.13. The van der Waals surface area contributed by atoms with Crippen LogP contribution >= 0.6 is 0 Å². The molecule has 3 fully saturated rings. The molecule has 0 bridgehead atoms. The molecule has 3 aliphatic rings. The van der Waals surface area contributed by atoms with Gasteiger partial charge in [0.1, 0.15) is 5.82 Å². The lowest BCUT2D eigenvalue weighted by atomic mass is 9.90. The first-order valence-corrected chi connectivity index (χ1v) is 10.8. The highest BCUT2D eigenvalue weighted by Gasteiger charge is 2.34. The van der Waals surface area contributed by atoms with Gasteiger partial charge in [0.25, 0.3) is 0 Å². The van der Waals surface area contributed by atoms with Crippen molar-refractivity contribution in [2.75, 3.05) is 46.3 Å². The summed E-state index contributed by atoms with van der Waals surface area (Å²) >= 11 is 0. The first-order chi connectivity index (χ1) is 13.1. The summed E-state index contributed by atoms with van der Waals surface area (Å²) in [6.45, 7) is 6.43. The zero-order chi connectivity index (χ0) is 18.8. The number of piperidine rings is 3. The van der Waals surface area contributed by atoms with Crippen LogP contribution in [0.5, 0.6) is 0 Å². The average molecular weight is 374 g/mol. The van der Waals surface area contributed by atoms with Crippen LogP contribution in [0.25, 0.3) is 0 Å². The molecule has 0 N–H and O–H groups in total. The maximum atomic E-state index is 13.0. The summed E-state index contributed by atoms with van der Waals surface area (Å²) in [5.74, 6) is 2.34. The molecule has 3 saturated heterocycles. The van der Waals surface area contributed by atoms with Crippen molar-refractivity contribution < 1.29 is 4.79 Å². The van der Waals surface area contributed by atoms with Crippen molar-refractivity contribution in [2.45, 2.75) is 50.5 Å². The van der Waals surface area contributed by atoms with Gasteiger partial charge in [-0.15, -0.1) is 0 Å². The summed E-state index contributed by atoms with van der Waals surface area (Å²) in [6.07, 6.45) is 10.7. The van der Waals surface area contributed by atoms with E-state index in [1.165, 1.54) is 31.8 Å². The summed E-state index contributed by atoms with van der Waals surface area (Å²) in [4.78, 5) is 24.7. The van der Waals surface area contributed by atoms with Crippen LogP contribution in [0.3, 0.4) is 0 Å². The van der Waals surface area contributed by atoms with Gasteiger partial charge < -0.3 is 19.3 Å². The monoisotopic (exact) mass is 373 g/mol. The van der Waals surface area contributed by atoms with Crippen LogP contribution < -0.4 is 0 Å². The molecule has 4 rings (SSSR count). The maximum Gasteiger partial charge on any atom is 0.225 e. The van der Waals surface area contributed by atoms with Gasteiger partial charge in [-0.2, -0.15) is 0 Å². The van der Waals surface area contributed by atoms with Gasteiger partial charge in [-0.1, -0.05) is 0 Å². The van der Waals surface area contributed by atoms with Crippen molar-refractivity contribution in [3.8, 4) is 0 Å². The van der Waals surface area contributed by atoms with E-state index in [2.05, 4.69) is 38.3 Å². The fourth-order valence-corrected chi connectivity index (χ4v) is 5.26. The van der Waals surface area contributed by atoms with E-state index in [4.69, 9.17) is 0 Å². The standard InChI is InChI=1S/C21H35N5O/c1-23-10-7-19(8-11-23)25-12-5-18(6-13-25)21(27)26-14-3-17(4-15-26)20-22-9-16-24(20)2/h9,16-19H,3-8,10-15H2,1-2H3. The van der Waals surface area contributed by atoms with Crippen molar-refractivity contribution in [1.82, 2.24) is 24.3 Å². The van der Waals surface area contributed by atoms with Crippen LogP contribution in [0.2, 0.25) is 0 Å². The van der Waals surface area contributed by atoms with E-state index in [1.807, 2.05) is 12.4 Å². The lowest BCUT2D eigenvalue weighted by Gasteiger charge is -2.42. The maximum absolute atomic E-state index is 13.0. The van der Waals surface area contributed by atoms with Crippen LogP contribution in [0, 0.1) is 5.92 Å². The van der Waals surface area contributed by atoms with Gasteiger partial charge in [-0.05, 0) is 71.8 Å². The number of aromatic nitrogens is 2. The zero-order valence-electron chi connectivity index (χ0n) is 17.0. The molecule has 6 heteroatoms. The first-order valence-electron chi connectivity index (χ1n) is 10.8. The van der Waals surface area contributed by atoms with Gasteiger partial charge in [-0.25, -0.2) is 4.98 Å². The second-order valence-electron chi connectivity index (χ2n) is 8.84. The normalized spacial score (nSPS) is 25.2. The van der Waals surface area contributed by atoms with Crippen LogP contribution in [0.1, 0.15) is 50.3 Å². The SMILES string of the molecule is CN1CCC(N2CCC(C(=O)N3CCC(c4nccn4C)CC3)CC2)CC1. The van der Waals surface area contributed by atoms with Crippen molar-refractivity contribution >= 4 is 5.91 Å². The molecule has 1 aromatic rings. The minimum atomic E-state index is 0.247.